The maximum Gasteiger partial charge on any atom is 0.295 e. The van der Waals surface area contributed by atoms with E-state index in [-0.39, 0.29) is 5.91 Å². The van der Waals surface area contributed by atoms with E-state index < -0.39 is 0 Å². The highest BCUT2D eigenvalue weighted by Crippen LogP contribution is 2.17. The molecule has 1 aromatic rings. The predicted octanol–water partition coefficient (Wildman–Crippen LogP) is 0.549. The number of hydrogen-bond acceptors (Lipinski definition) is 3. The van der Waals surface area contributed by atoms with Crippen molar-refractivity contribution in [3.8, 4) is 0 Å². The first-order valence-electron chi connectivity index (χ1n) is 4.23. The normalized spacial score (nSPS) is 10.3. The average Bonchev–Trinajstić information content (AvgIpc) is 2.39. The summed E-state index contributed by atoms with van der Waals surface area (Å²) < 4.78 is 1.74. The minimum absolute atomic E-state index is 0.249. The summed E-state index contributed by atoms with van der Waals surface area (Å²) in [6, 6.07) is 1.76. The second-order valence-corrected chi connectivity index (χ2v) is 3.13. The zero-order valence-corrected chi connectivity index (χ0v) is 8.87. The van der Waals surface area contributed by atoms with E-state index in [1.165, 1.54) is 7.11 Å². The van der Waals surface area contributed by atoms with E-state index >= 15 is 0 Å². The van der Waals surface area contributed by atoms with Gasteiger partial charge in [-0.3, -0.25) is 9.63 Å². The molecule has 0 spiro atoms. The van der Waals surface area contributed by atoms with Gasteiger partial charge in [-0.05, 0) is 13.0 Å². The van der Waals surface area contributed by atoms with Crippen molar-refractivity contribution in [2.24, 2.45) is 7.05 Å². The summed E-state index contributed by atoms with van der Waals surface area (Å²) in [5.74, 6) is -0.249. The van der Waals surface area contributed by atoms with E-state index in [1.807, 2.05) is 6.92 Å². The summed E-state index contributed by atoms with van der Waals surface area (Å²) in [6.07, 6.45) is 0. The molecule has 0 aliphatic heterocycles. The molecule has 0 atom stereocenters. The number of rotatable bonds is 2. The lowest BCUT2D eigenvalue weighted by molar-refractivity contribution is -0.0761. The van der Waals surface area contributed by atoms with Crippen molar-refractivity contribution >= 4 is 11.6 Å². The van der Waals surface area contributed by atoms with Crippen molar-refractivity contribution in [1.82, 2.24) is 9.63 Å². The van der Waals surface area contributed by atoms with Crippen molar-refractivity contribution in [1.29, 1.82) is 0 Å². The van der Waals surface area contributed by atoms with Crippen LogP contribution in [0.2, 0.25) is 0 Å². The molecule has 5 heteroatoms. The highest BCUT2D eigenvalue weighted by atomic mass is 16.7. The van der Waals surface area contributed by atoms with Crippen LogP contribution < -0.4 is 5.73 Å². The Morgan fingerprint density at radius 2 is 2.21 bits per heavy atom. The van der Waals surface area contributed by atoms with Gasteiger partial charge in [0.05, 0.1) is 12.8 Å². The van der Waals surface area contributed by atoms with Gasteiger partial charge in [-0.15, -0.1) is 0 Å². The van der Waals surface area contributed by atoms with Gasteiger partial charge in [0.15, 0.2) is 0 Å². The second kappa shape index (κ2) is 3.71. The van der Waals surface area contributed by atoms with Crippen LogP contribution in [0.1, 0.15) is 16.2 Å². The first-order chi connectivity index (χ1) is 6.49. The standard InChI is InChI=1S/C9H15N3O2/c1-6-5-7(10)8(11(6)2)9(13)12(3)14-4/h5H,10H2,1-4H3. The molecule has 0 fully saturated rings. The van der Waals surface area contributed by atoms with Crippen LogP contribution in [0.3, 0.4) is 0 Å². The Bertz CT molecular complexity index is 357. The zero-order valence-electron chi connectivity index (χ0n) is 8.87. The van der Waals surface area contributed by atoms with Crippen LogP contribution >= 0.6 is 0 Å². The molecular formula is C9H15N3O2. The Kier molecular flexibility index (Phi) is 2.81. The first-order valence-corrected chi connectivity index (χ1v) is 4.23. The summed E-state index contributed by atoms with van der Waals surface area (Å²) >= 11 is 0. The van der Waals surface area contributed by atoms with Gasteiger partial charge in [0.2, 0.25) is 0 Å². The zero-order chi connectivity index (χ0) is 10.9. The van der Waals surface area contributed by atoms with Crippen LogP contribution in [0.5, 0.6) is 0 Å². The first kappa shape index (κ1) is 10.6. The van der Waals surface area contributed by atoms with Crippen molar-refractivity contribution in [2.45, 2.75) is 6.92 Å². The fourth-order valence-electron chi connectivity index (χ4n) is 1.26. The number of nitrogens with two attached hydrogens (primary N) is 1. The molecule has 0 saturated carbocycles. The molecule has 0 unspecified atom stereocenters. The number of carbonyl (C=O) groups excluding carboxylic acids is 1. The van der Waals surface area contributed by atoms with Gasteiger partial charge in [-0.25, -0.2) is 5.06 Å². The molecular weight excluding hydrogens is 182 g/mol. The number of amides is 1. The largest absolute Gasteiger partial charge is 0.397 e. The van der Waals surface area contributed by atoms with Crippen LogP contribution in [0, 0.1) is 6.92 Å². The number of carbonyl (C=O) groups is 1. The molecule has 78 valence electrons. The Balaban J connectivity index is 3.12. The highest BCUT2D eigenvalue weighted by Gasteiger charge is 2.19. The molecule has 1 aromatic heterocycles. The molecule has 0 aliphatic rings. The van der Waals surface area contributed by atoms with E-state index in [4.69, 9.17) is 10.6 Å². The molecule has 0 radical (unpaired) electrons. The van der Waals surface area contributed by atoms with Gasteiger partial charge in [0, 0.05) is 19.8 Å². The average molecular weight is 197 g/mol. The number of nitrogen functional groups attached to an aromatic ring is 1. The third kappa shape index (κ3) is 1.58. The molecule has 2 N–H and O–H groups in total. The quantitative estimate of drug-likeness (QED) is 0.704. The van der Waals surface area contributed by atoms with Gasteiger partial charge in [-0.2, -0.15) is 0 Å². The van der Waals surface area contributed by atoms with Crippen molar-refractivity contribution in [2.75, 3.05) is 19.9 Å². The molecule has 0 bridgehead atoms. The summed E-state index contributed by atoms with van der Waals surface area (Å²) in [5.41, 5.74) is 7.57. The third-order valence-electron chi connectivity index (χ3n) is 2.26. The molecule has 5 nitrogen and oxygen atoms in total. The Morgan fingerprint density at radius 1 is 1.64 bits per heavy atom. The smallest absolute Gasteiger partial charge is 0.295 e. The molecule has 1 heterocycles. The van der Waals surface area contributed by atoms with E-state index in [9.17, 15) is 4.79 Å². The number of nitrogens with zero attached hydrogens (tertiary/aromatic N) is 2. The summed E-state index contributed by atoms with van der Waals surface area (Å²) in [6.45, 7) is 1.89. The Labute approximate surface area is 83.0 Å². The minimum atomic E-state index is -0.249. The SMILES string of the molecule is CON(C)C(=O)c1c(N)cc(C)n1C. The van der Waals surface area contributed by atoms with Gasteiger partial charge in [0.1, 0.15) is 5.69 Å². The number of anilines is 1. The molecule has 14 heavy (non-hydrogen) atoms. The van der Waals surface area contributed by atoms with Crippen molar-refractivity contribution in [3.63, 3.8) is 0 Å². The number of hydrogen-bond donors (Lipinski definition) is 1. The van der Waals surface area contributed by atoms with Crippen LogP contribution in [0.25, 0.3) is 0 Å². The molecule has 0 aliphatic carbocycles. The summed E-state index contributed by atoms with van der Waals surface area (Å²) in [4.78, 5) is 16.5. The van der Waals surface area contributed by atoms with Crippen LogP contribution in [0.4, 0.5) is 5.69 Å². The van der Waals surface area contributed by atoms with Gasteiger partial charge < -0.3 is 10.3 Å². The second-order valence-electron chi connectivity index (χ2n) is 3.13. The number of hydroxylamine groups is 2. The van der Waals surface area contributed by atoms with Gasteiger partial charge >= 0.3 is 0 Å². The van der Waals surface area contributed by atoms with Crippen LogP contribution in [-0.2, 0) is 11.9 Å². The fraction of sp³-hybridized carbons (Fsp3) is 0.444. The molecule has 0 aromatic carbocycles. The highest BCUT2D eigenvalue weighted by molar-refractivity contribution is 5.97. The lowest BCUT2D eigenvalue weighted by atomic mass is 10.3. The third-order valence-corrected chi connectivity index (χ3v) is 2.26. The molecule has 1 rings (SSSR count). The van der Waals surface area contributed by atoms with Crippen molar-refractivity contribution < 1.29 is 9.63 Å². The van der Waals surface area contributed by atoms with E-state index in [0.717, 1.165) is 10.8 Å². The molecule has 0 saturated heterocycles. The van der Waals surface area contributed by atoms with Crippen molar-refractivity contribution in [3.05, 3.63) is 17.5 Å². The van der Waals surface area contributed by atoms with Crippen LogP contribution in [-0.4, -0.2) is 29.7 Å². The van der Waals surface area contributed by atoms with Gasteiger partial charge in [0.25, 0.3) is 5.91 Å². The predicted molar refractivity (Wildman–Crippen MR) is 53.7 cm³/mol. The minimum Gasteiger partial charge on any atom is -0.397 e. The molecule has 1 amide bonds. The van der Waals surface area contributed by atoms with E-state index in [1.54, 1.807) is 24.7 Å². The summed E-state index contributed by atoms with van der Waals surface area (Å²) in [7, 11) is 4.77. The summed E-state index contributed by atoms with van der Waals surface area (Å²) in [5, 5.41) is 1.14. The topological polar surface area (TPSA) is 60.5 Å². The lowest BCUT2D eigenvalue weighted by Crippen LogP contribution is -2.28. The van der Waals surface area contributed by atoms with E-state index in [0.29, 0.717) is 11.4 Å². The lowest BCUT2D eigenvalue weighted by Gasteiger charge is -2.14. The maximum absolute atomic E-state index is 11.7. The van der Waals surface area contributed by atoms with Crippen LogP contribution in [0.15, 0.2) is 6.07 Å². The Morgan fingerprint density at radius 3 is 2.57 bits per heavy atom. The van der Waals surface area contributed by atoms with E-state index in [2.05, 4.69) is 0 Å². The number of aromatic nitrogens is 1. The fourth-order valence-corrected chi connectivity index (χ4v) is 1.26. The van der Waals surface area contributed by atoms with Gasteiger partial charge in [-0.1, -0.05) is 0 Å². The maximum atomic E-state index is 11.7. The number of aryl methyl sites for hydroxylation is 1. The monoisotopic (exact) mass is 197 g/mol. The Hall–Kier alpha value is -1.49.